The van der Waals surface area contributed by atoms with Gasteiger partial charge in [-0.3, -0.25) is 4.79 Å². The Morgan fingerprint density at radius 3 is 1.35 bits per heavy atom. The van der Waals surface area contributed by atoms with E-state index in [0.29, 0.717) is 28.7 Å². The smallest absolute Gasteiger partial charge is 0.497 e. The molecule has 1 fully saturated rings. The van der Waals surface area contributed by atoms with Crippen molar-refractivity contribution in [2.45, 2.75) is 38.0 Å². The Kier molecular flexibility index (Phi) is 8.01. The highest BCUT2D eigenvalue weighted by molar-refractivity contribution is 5.69. The average Bonchev–Trinajstić information content (AvgIpc) is 3.46. The maximum Gasteiger partial charge on any atom is 0.519 e. The fourth-order valence-electron chi connectivity index (χ4n) is 5.14. The standard InChI is InChI=1S/C33H30O7/c1-23(34)37-27-9-5-24(6-10-27)33(21-3-4-22-33)25-7-11-30(12-8-25)39-32(35)40-31-19-17-29(18-20-31)38-28-15-13-26(36-2)14-16-28/h5-20H,3-4,21-22H2,1-2H3. The number of rotatable bonds is 8. The van der Waals surface area contributed by atoms with E-state index in [9.17, 15) is 9.59 Å². The number of benzene rings is 4. The summed E-state index contributed by atoms with van der Waals surface area (Å²) >= 11 is 0. The second-order valence-corrected chi connectivity index (χ2v) is 9.63. The summed E-state index contributed by atoms with van der Waals surface area (Å²) in [6.45, 7) is 1.39. The Labute approximate surface area is 233 Å². The molecule has 1 saturated carbocycles. The normalized spacial score (nSPS) is 13.8. The number of hydrogen-bond donors (Lipinski definition) is 0. The molecule has 0 radical (unpaired) electrons. The number of carbonyl (C=O) groups is 2. The fourth-order valence-corrected chi connectivity index (χ4v) is 5.14. The summed E-state index contributed by atoms with van der Waals surface area (Å²) in [4.78, 5) is 23.7. The van der Waals surface area contributed by atoms with Gasteiger partial charge in [0, 0.05) is 12.3 Å². The first kappa shape index (κ1) is 26.8. The van der Waals surface area contributed by atoms with Crippen LogP contribution in [-0.4, -0.2) is 19.2 Å². The average molecular weight is 539 g/mol. The maximum absolute atomic E-state index is 12.4. The molecule has 1 aliphatic carbocycles. The molecular weight excluding hydrogens is 508 g/mol. The van der Waals surface area contributed by atoms with Crippen LogP contribution in [0.25, 0.3) is 0 Å². The molecule has 1 aliphatic rings. The van der Waals surface area contributed by atoms with Crippen molar-refractivity contribution in [2.24, 2.45) is 0 Å². The first-order valence-corrected chi connectivity index (χ1v) is 13.1. The predicted octanol–water partition coefficient (Wildman–Crippen LogP) is 7.85. The zero-order valence-corrected chi connectivity index (χ0v) is 22.4. The minimum atomic E-state index is -0.826. The summed E-state index contributed by atoms with van der Waals surface area (Å²) < 4.78 is 26.9. The molecule has 0 spiro atoms. The Morgan fingerprint density at radius 1 is 0.550 bits per heavy atom. The van der Waals surface area contributed by atoms with Crippen LogP contribution < -0.4 is 23.7 Å². The van der Waals surface area contributed by atoms with E-state index in [-0.39, 0.29) is 11.4 Å². The first-order chi connectivity index (χ1) is 19.4. The van der Waals surface area contributed by atoms with Gasteiger partial charge in [-0.2, -0.15) is 0 Å². The van der Waals surface area contributed by atoms with Gasteiger partial charge in [0.2, 0.25) is 0 Å². The Bertz CT molecular complexity index is 1440. The third-order valence-corrected chi connectivity index (χ3v) is 7.05. The van der Waals surface area contributed by atoms with E-state index in [0.717, 1.165) is 37.0 Å². The SMILES string of the molecule is COc1ccc(Oc2ccc(OC(=O)Oc3ccc(C4(c5ccc(OC(C)=O)cc5)CCCC4)cc3)cc2)cc1. The third-order valence-electron chi connectivity index (χ3n) is 7.05. The fraction of sp³-hybridized carbons (Fsp3) is 0.212. The minimum absolute atomic E-state index is 0.135. The summed E-state index contributed by atoms with van der Waals surface area (Å²) in [6, 6.07) is 29.2. The molecule has 40 heavy (non-hydrogen) atoms. The van der Waals surface area contributed by atoms with E-state index >= 15 is 0 Å². The van der Waals surface area contributed by atoms with Gasteiger partial charge in [0.25, 0.3) is 0 Å². The quantitative estimate of drug-likeness (QED) is 0.128. The van der Waals surface area contributed by atoms with Gasteiger partial charge in [0.15, 0.2) is 0 Å². The summed E-state index contributed by atoms with van der Waals surface area (Å²) in [5.41, 5.74) is 2.19. The Morgan fingerprint density at radius 2 is 0.925 bits per heavy atom. The molecule has 7 heteroatoms. The van der Waals surface area contributed by atoms with Crippen molar-refractivity contribution in [2.75, 3.05) is 7.11 Å². The lowest BCUT2D eigenvalue weighted by atomic mass is 9.73. The second-order valence-electron chi connectivity index (χ2n) is 9.63. The van der Waals surface area contributed by atoms with Crippen molar-refractivity contribution in [1.82, 2.24) is 0 Å². The number of hydrogen-bond acceptors (Lipinski definition) is 7. The summed E-state index contributed by atoms with van der Waals surface area (Å²) in [5.74, 6) is 2.94. The molecule has 0 N–H and O–H groups in total. The van der Waals surface area contributed by atoms with Crippen molar-refractivity contribution in [3.8, 4) is 34.5 Å². The van der Waals surface area contributed by atoms with E-state index in [1.807, 2.05) is 60.7 Å². The largest absolute Gasteiger partial charge is 0.519 e. The van der Waals surface area contributed by atoms with E-state index in [1.165, 1.54) is 12.5 Å². The van der Waals surface area contributed by atoms with Gasteiger partial charge in [-0.15, -0.1) is 0 Å². The van der Waals surface area contributed by atoms with E-state index in [1.54, 1.807) is 43.5 Å². The molecular formula is C33H30O7. The molecule has 4 aromatic rings. The maximum atomic E-state index is 12.4. The first-order valence-electron chi connectivity index (χ1n) is 13.1. The highest BCUT2D eigenvalue weighted by atomic mass is 16.7. The van der Waals surface area contributed by atoms with Crippen LogP contribution in [0.15, 0.2) is 97.1 Å². The van der Waals surface area contributed by atoms with Crippen LogP contribution in [0, 0.1) is 0 Å². The number of ether oxygens (including phenoxy) is 5. The zero-order valence-electron chi connectivity index (χ0n) is 22.4. The van der Waals surface area contributed by atoms with Crippen molar-refractivity contribution >= 4 is 12.1 Å². The molecule has 4 aromatic carbocycles. The molecule has 5 rings (SSSR count). The van der Waals surface area contributed by atoms with Crippen molar-refractivity contribution in [3.63, 3.8) is 0 Å². The second kappa shape index (κ2) is 11.9. The van der Waals surface area contributed by atoms with E-state index < -0.39 is 6.16 Å². The highest BCUT2D eigenvalue weighted by Crippen LogP contribution is 2.47. The summed E-state index contributed by atoms with van der Waals surface area (Å²) in [6.07, 6.45) is 3.45. The topological polar surface area (TPSA) is 80.3 Å². The molecule has 0 atom stereocenters. The summed E-state index contributed by atoms with van der Waals surface area (Å²) in [5, 5.41) is 0. The lowest BCUT2D eigenvalue weighted by molar-refractivity contribution is -0.131. The monoisotopic (exact) mass is 538 g/mol. The van der Waals surface area contributed by atoms with Gasteiger partial charge in [-0.25, -0.2) is 4.79 Å². The van der Waals surface area contributed by atoms with Crippen LogP contribution in [0.5, 0.6) is 34.5 Å². The van der Waals surface area contributed by atoms with Gasteiger partial charge in [0.05, 0.1) is 7.11 Å². The van der Waals surface area contributed by atoms with Crippen molar-refractivity contribution in [1.29, 1.82) is 0 Å². The number of methoxy groups -OCH3 is 1. The van der Waals surface area contributed by atoms with Crippen LogP contribution in [0.3, 0.4) is 0 Å². The van der Waals surface area contributed by atoms with Crippen LogP contribution in [0.4, 0.5) is 4.79 Å². The van der Waals surface area contributed by atoms with Crippen molar-refractivity contribution < 1.29 is 33.3 Å². The van der Waals surface area contributed by atoms with Gasteiger partial charge >= 0.3 is 12.1 Å². The van der Waals surface area contributed by atoms with Gasteiger partial charge in [-0.1, -0.05) is 37.1 Å². The van der Waals surface area contributed by atoms with Gasteiger partial charge in [-0.05, 0) is 96.8 Å². The molecule has 0 unspecified atom stereocenters. The summed E-state index contributed by atoms with van der Waals surface area (Å²) in [7, 11) is 1.61. The molecule has 204 valence electrons. The zero-order chi connectivity index (χ0) is 28.0. The Hall–Kier alpha value is -4.78. The van der Waals surface area contributed by atoms with Crippen LogP contribution >= 0.6 is 0 Å². The van der Waals surface area contributed by atoms with E-state index in [4.69, 9.17) is 23.7 Å². The van der Waals surface area contributed by atoms with Gasteiger partial charge < -0.3 is 23.7 Å². The Balaban J connectivity index is 1.20. The van der Waals surface area contributed by atoms with E-state index in [2.05, 4.69) is 0 Å². The lowest BCUT2D eigenvalue weighted by Gasteiger charge is -2.30. The molecule has 7 nitrogen and oxygen atoms in total. The highest BCUT2D eigenvalue weighted by Gasteiger charge is 2.37. The number of esters is 1. The van der Waals surface area contributed by atoms with Crippen molar-refractivity contribution in [3.05, 3.63) is 108 Å². The minimum Gasteiger partial charge on any atom is -0.497 e. The third kappa shape index (κ3) is 6.26. The molecule has 0 bridgehead atoms. The molecule has 0 aliphatic heterocycles. The molecule has 0 amide bonds. The van der Waals surface area contributed by atoms with Gasteiger partial charge in [0.1, 0.15) is 34.5 Å². The van der Waals surface area contributed by atoms with Crippen LogP contribution in [0.2, 0.25) is 0 Å². The molecule has 0 heterocycles. The molecule has 0 aromatic heterocycles. The molecule has 0 saturated heterocycles. The lowest BCUT2D eigenvalue weighted by Crippen LogP contribution is -2.23. The number of carbonyl (C=O) groups excluding carboxylic acids is 2. The van der Waals surface area contributed by atoms with Crippen LogP contribution in [0.1, 0.15) is 43.7 Å². The van der Waals surface area contributed by atoms with Crippen LogP contribution in [-0.2, 0) is 10.2 Å². The predicted molar refractivity (Wildman–Crippen MR) is 150 cm³/mol.